The summed E-state index contributed by atoms with van der Waals surface area (Å²) >= 11 is 0. The van der Waals surface area contributed by atoms with E-state index in [0.29, 0.717) is 5.56 Å². The molecule has 0 atom stereocenters. The van der Waals surface area contributed by atoms with E-state index in [1.54, 1.807) is 6.07 Å². The molecule has 0 saturated heterocycles. The number of hydrogen-bond acceptors (Lipinski definition) is 5. The lowest BCUT2D eigenvalue weighted by Crippen LogP contribution is -1.97. The van der Waals surface area contributed by atoms with Crippen LogP contribution in [0.1, 0.15) is 5.56 Å². The molecule has 6 heteroatoms. The van der Waals surface area contributed by atoms with Gasteiger partial charge in [-0.05, 0) is 23.8 Å². The van der Waals surface area contributed by atoms with Crippen molar-refractivity contribution in [2.75, 3.05) is 14.2 Å². The molecule has 0 fully saturated rings. The Bertz CT molecular complexity index is 517. The lowest BCUT2D eigenvalue weighted by atomic mass is 10.1. The number of phenolic OH excluding ortho intramolecular Hbond substituents is 1. The van der Waals surface area contributed by atoms with E-state index in [1.165, 1.54) is 26.4 Å². The number of benzene rings is 1. The highest BCUT2D eigenvalue weighted by Gasteiger charge is 2.12. The number of aromatic hydroxyl groups is 1. The van der Waals surface area contributed by atoms with E-state index in [-0.39, 0.29) is 17.2 Å². The van der Waals surface area contributed by atoms with Crippen molar-refractivity contribution < 1.29 is 24.5 Å². The number of hydrogen-bond donors (Lipinski definition) is 2. The van der Waals surface area contributed by atoms with E-state index in [4.69, 9.17) is 19.8 Å². The number of carboxylic acids is 1. The smallest absolute Gasteiger partial charge is 0.346 e. The van der Waals surface area contributed by atoms with E-state index in [1.807, 2.05) is 0 Å². The van der Waals surface area contributed by atoms with Crippen molar-refractivity contribution in [3.8, 4) is 23.3 Å². The zero-order valence-electron chi connectivity index (χ0n) is 9.80. The number of methoxy groups -OCH3 is 2. The second-order valence-corrected chi connectivity index (χ2v) is 3.25. The van der Waals surface area contributed by atoms with Gasteiger partial charge in [0.15, 0.2) is 11.5 Å². The van der Waals surface area contributed by atoms with Gasteiger partial charge >= 0.3 is 5.97 Å². The van der Waals surface area contributed by atoms with E-state index < -0.39 is 11.5 Å². The van der Waals surface area contributed by atoms with E-state index in [9.17, 15) is 9.90 Å². The summed E-state index contributed by atoms with van der Waals surface area (Å²) in [5, 5.41) is 27.1. The van der Waals surface area contributed by atoms with Gasteiger partial charge in [0.2, 0.25) is 5.75 Å². The highest BCUT2D eigenvalue weighted by molar-refractivity contribution is 5.96. The van der Waals surface area contributed by atoms with Crippen molar-refractivity contribution in [2.45, 2.75) is 0 Å². The summed E-state index contributed by atoms with van der Waals surface area (Å²) in [5.74, 6) is -1.26. The van der Waals surface area contributed by atoms with Crippen LogP contribution in [0.5, 0.6) is 17.2 Å². The summed E-state index contributed by atoms with van der Waals surface area (Å²) in [5.41, 5.74) is -0.0507. The lowest BCUT2D eigenvalue weighted by Gasteiger charge is -2.09. The van der Waals surface area contributed by atoms with Crippen LogP contribution >= 0.6 is 0 Å². The van der Waals surface area contributed by atoms with E-state index >= 15 is 0 Å². The quantitative estimate of drug-likeness (QED) is 0.618. The average Bonchev–Trinajstić information content (AvgIpc) is 2.36. The van der Waals surface area contributed by atoms with Crippen LogP contribution in [-0.4, -0.2) is 30.4 Å². The minimum Gasteiger partial charge on any atom is -0.502 e. The van der Waals surface area contributed by atoms with Crippen LogP contribution in [-0.2, 0) is 4.79 Å². The predicted octanol–water partition coefficient (Wildman–Crippen LogP) is 1.40. The largest absolute Gasteiger partial charge is 0.502 e. The van der Waals surface area contributed by atoms with Gasteiger partial charge in [-0.2, -0.15) is 5.26 Å². The molecule has 0 aliphatic carbocycles. The van der Waals surface area contributed by atoms with Crippen molar-refractivity contribution in [1.29, 1.82) is 5.26 Å². The fourth-order valence-corrected chi connectivity index (χ4v) is 1.31. The molecule has 1 aromatic carbocycles. The maximum absolute atomic E-state index is 10.7. The molecule has 94 valence electrons. The first-order chi connectivity index (χ1) is 8.53. The van der Waals surface area contributed by atoms with Gasteiger partial charge in [0.1, 0.15) is 11.6 Å². The van der Waals surface area contributed by atoms with Crippen molar-refractivity contribution in [2.24, 2.45) is 0 Å². The van der Waals surface area contributed by atoms with Crippen molar-refractivity contribution in [3.05, 3.63) is 23.3 Å². The molecule has 0 heterocycles. The molecule has 18 heavy (non-hydrogen) atoms. The Balaban J connectivity index is 3.35. The molecule has 0 spiro atoms. The number of carbonyl (C=O) groups is 1. The van der Waals surface area contributed by atoms with Crippen molar-refractivity contribution in [1.82, 2.24) is 0 Å². The van der Waals surface area contributed by atoms with Gasteiger partial charge in [0, 0.05) is 0 Å². The molecule has 0 aromatic heterocycles. The van der Waals surface area contributed by atoms with Crippen molar-refractivity contribution >= 4 is 12.0 Å². The van der Waals surface area contributed by atoms with Gasteiger partial charge in [0.05, 0.1) is 14.2 Å². The predicted molar refractivity (Wildman–Crippen MR) is 62.4 cm³/mol. The zero-order chi connectivity index (χ0) is 13.7. The fraction of sp³-hybridized carbons (Fsp3) is 0.167. The number of nitriles is 1. The third-order valence-electron chi connectivity index (χ3n) is 2.16. The van der Waals surface area contributed by atoms with Gasteiger partial charge in [-0.3, -0.25) is 0 Å². The highest BCUT2D eigenvalue weighted by atomic mass is 16.5. The monoisotopic (exact) mass is 249 g/mol. The maximum atomic E-state index is 10.7. The zero-order valence-corrected chi connectivity index (χ0v) is 9.80. The fourth-order valence-electron chi connectivity index (χ4n) is 1.31. The summed E-state index contributed by atoms with van der Waals surface area (Å²) in [6.07, 6.45) is 1.16. The minimum atomic E-state index is -1.33. The first kappa shape index (κ1) is 13.4. The summed E-state index contributed by atoms with van der Waals surface area (Å²) in [6, 6.07) is 4.36. The molecule has 0 amide bonds. The summed E-state index contributed by atoms with van der Waals surface area (Å²) < 4.78 is 9.83. The molecular weight excluding hydrogens is 238 g/mol. The summed E-state index contributed by atoms with van der Waals surface area (Å²) in [4.78, 5) is 10.7. The molecule has 1 rings (SSSR count). The summed E-state index contributed by atoms with van der Waals surface area (Å²) in [7, 11) is 2.70. The van der Waals surface area contributed by atoms with Crippen LogP contribution in [0.4, 0.5) is 0 Å². The second-order valence-electron chi connectivity index (χ2n) is 3.25. The molecule has 6 nitrogen and oxygen atoms in total. The number of rotatable bonds is 4. The topological polar surface area (TPSA) is 99.8 Å². The number of ether oxygens (including phenoxy) is 2. The molecular formula is C12H11NO5. The van der Waals surface area contributed by atoms with Crippen LogP contribution < -0.4 is 9.47 Å². The Morgan fingerprint density at radius 1 is 1.33 bits per heavy atom. The highest BCUT2D eigenvalue weighted by Crippen LogP contribution is 2.37. The molecule has 0 aliphatic rings. The Morgan fingerprint density at radius 3 is 2.17 bits per heavy atom. The molecule has 0 bridgehead atoms. The van der Waals surface area contributed by atoms with Crippen LogP contribution in [0.3, 0.4) is 0 Å². The number of aliphatic carboxylic acids is 1. The number of carboxylic acid groups (broad SMARTS) is 1. The molecule has 1 aromatic rings. The van der Waals surface area contributed by atoms with Gasteiger partial charge in [-0.1, -0.05) is 0 Å². The Morgan fingerprint density at radius 2 is 1.83 bits per heavy atom. The van der Waals surface area contributed by atoms with Crippen molar-refractivity contribution in [3.63, 3.8) is 0 Å². The SMILES string of the molecule is COc1cc(C=C(C#N)C(=O)O)cc(OC)c1O. The van der Waals surface area contributed by atoms with Gasteiger partial charge < -0.3 is 19.7 Å². The third kappa shape index (κ3) is 2.71. The first-order valence-corrected chi connectivity index (χ1v) is 4.83. The van der Waals surface area contributed by atoms with Crippen LogP contribution in [0, 0.1) is 11.3 Å². The third-order valence-corrected chi connectivity index (χ3v) is 2.16. The Labute approximate surface area is 103 Å². The normalized spacial score (nSPS) is 10.6. The first-order valence-electron chi connectivity index (χ1n) is 4.83. The van der Waals surface area contributed by atoms with E-state index in [0.717, 1.165) is 6.08 Å². The van der Waals surface area contributed by atoms with Crippen LogP contribution in [0.15, 0.2) is 17.7 Å². The molecule has 0 aliphatic heterocycles. The van der Waals surface area contributed by atoms with Crippen LogP contribution in [0.25, 0.3) is 6.08 Å². The minimum absolute atomic E-state index is 0.128. The standard InChI is InChI=1S/C12H11NO5/c1-17-9-4-7(3-8(6-13)12(15)16)5-10(18-2)11(9)14/h3-5,14H,1-2H3,(H,15,16). The van der Waals surface area contributed by atoms with Crippen LogP contribution in [0.2, 0.25) is 0 Å². The number of nitrogens with zero attached hydrogens (tertiary/aromatic N) is 1. The second kappa shape index (κ2) is 5.59. The Kier molecular flexibility index (Phi) is 4.16. The average molecular weight is 249 g/mol. The maximum Gasteiger partial charge on any atom is 0.346 e. The lowest BCUT2D eigenvalue weighted by molar-refractivity contribution is -0.132. The Hall–Kier alpha value is -2.68. The molecule has 2 N–H and O–H groups in total. The summed E-state index contributed by atoms with van der Waals surface area (Å²) in [6.45, 7) is 0. The van der Waals surface area contributed by atoms with Gasteiger partial charge in [-0.25, -0.2) is 4.79 Å². The molecule has 0 saturated carbocycles. The molecule has 0 radical (unpaired) electrons. The molecule has 0 unspecified atom stereocenters. The van der Waals surface area contributed by atoms with Gasteiger partial charge in [0.25, 0.3) is 0 Å². The van der Waals surface area contributed by atoms with E-state index in [2.05, 4.69) is 0 Å². The number of phenols is 1. The van der Waals surface area contributed by atoms with Gasteiger partial charge in [-0.15, -0.1) is 0 Å².